The lowest BCUT2D eigenvalue weighted by atomic mass is 10.3. The third kappa shape index (κ3) is 3.20. The van der Waals surface area contributed by atoms with Crippen LogP contribution in [0.15, 0.2) is 30.6 Å². The molecule has 0 aliphatic heterocycles. The molecule has 0 spiro atoms. The first-order chi connectivity index (χ1) is 8.33. The zero-order valence-corrected chi connectivity index (χ0v) is 10.9. The molecule has 2 aromatic rings. The Morgan fingerprint density at radius 1 is 1.41 bits per heavy atom. The smallest absolute Gasteiger partial charge is 0.137 e. The van der Waals surface area contributed by atoms with E-state index < -0.39 is 0 Å². The number of imidazole rings is 1. The minimum atomic E-state index is 0.724. The molecule has 0 amide bonds. The summed E-state index contributed by atoms with van der Waals surface area (Å²) in [6.45, 7) is 5.14. The van der Waals surface area contributed by atoms with Gasteiger partial charge in [0.15, 0.2) is 0 Å². The van der Waals surface area contributed by atoms with E-state index in [9.17, 15) is 0 Å². The number of pyridine rings is 1. The molecule has 0 atom stereocenters. The molecule has 0 saturated heterocycles. The average Bonchev–Trinajstić information content (AvgIpc) is 2.76. The van der Waals surface area contributed by atoms with Crippen LogP contribution in [-0.2, 0) is 6.54 Å². The van der Waals surface area contributed by atoms with Crippen molar-refractivity contribution in [3.8, 4) is 0 Å². The third-order valence-corrected chi connectivity index (χ3v) is 3.12. The second-order valence-corrected chi connectivity index (χ2v) is 4.49. The molecule has 0 aromatic carbocycles. The van der Waals surface area contributed by atoms with Crippen LogP contribution in [0.4, 0.5) is 0 Å². The maximum atomic E-state index is 5.72. The van der Waals surface area contributed by atoms with Gasteiger partial charge in [-0.15, -0.1) is 11.6 Å². The molecular formula is C13H18ClN3. The van der Waals surface area contributed by atoms with Gasteiger partial charge in [-0.1, -0.05) is 13.0 Å². The molecule has 0 N–H and O–H groups in total. The Kier molecular flexibility index (Phi) is 4.40. The van der Waals surface area contributed by atoms with Crippen LogP contribution in [-0.4, -0.2) is 33.3 Å². The number of aromatic nitrogens is 2. The molecule has 17 heavy (non-hydrogen) atoms. The topological polar surface area (TPSA) is 20.5 Å². The quantitative estimate of drug-likeness (QED) is 0.736. The zero-order chi connectivity index (χ0) is 12.1. The summed E-state index contributed by atoms with van der Waals surface area (Å²) in [5, 5.41) is 0. The van der Waals surface area contributed by atoms with Gasteiger partial charge in [-0.3, -0.25) is 4.90 Å². The molecule has 2 rings (SSSR count). The lowest BCUT2D eigenvalue weighted by Crippen LogP contribution is -2.24. The van der Waals surface area contributed by atoms with Gasteiger partial charge in [-0.05, 0) is 31.6 Å². The molecule has 0 unspecified atom stereocenters. The molecule has 2 aromatic heterocycles. The number of hydrogen-bond acceptors (Lipinski definition) is 2. The highest BCUT2D eigenvalue weighted by atomic mass is 35.5. The molecule has 92 valence electrons. The van der Waals surface area contributed by atoms with Gasteiger partial charge >= 0.3 is 0 Å². The second kappa shape index (κ2) is 6.03. The average molecular weight is 252 g/mol. The Morgan fingerprint density at radius 3 is 3.00 bits per heavy atom. The maximum absolute atomic E-state index is 5.72. The van der Waals surface area contributed by atoms with Crippen LogP contribution < -0.4 is 0 Å². The first kappa shape index (κ1) is 12.4. The normalized spacial score (nSPS) is 11.5. The summed E-state index contributed by atoms with van der Waals surface area (Å²) >= 11 is 5.72. The van der Waals surface area contributed by atoms with Crippen molar-refractivity contribution < 1.29 is 0 Å². The Balaban J connectivity index is 2.06. The molecule has 0 radical (unpaired) electrons. The Labute approximate surface area is 107 Å². The van der Waals surface area contributed by atoms with E-state index in [1.54, 1.807) is 0 Å². The summed E-state index contributed by atoms with van der Waals surface area (Å²) in [5.74, 6) is 0.724. The lowest BCUT2D eigenvalue weighted by Gasteiger charge is -2.18. The van der Waals surface area contributed by atoms with Gasteiger partial charge in [-0.2, -0.15) is 0 Å². The predicted molar refractivity (Wildman–Crippen MR) is 71.5 cm³/mol. The van der Waals surface area contributed by atoms with Crippen LogP contribution in [0, 0.1) is 0 Å². The van der Waals surface area contributed by atoms with Gasteiger partial charge in [-0.25, -0.2) is 4.98 Å². The van der Waals surface area contributed by atoms with Gasteiger partial charge in [0.1, 0.15) is 5.65 Å². The molecule has 0 aliphatic carbocycles. The molecular weight excluding hydrogens is 234 g/mol. The van der Waals surface area contributed by atoms with Crippen LogP contribution in [0.3, 0.4) is 0 Å². The standard InChI is InChI=1S/C13H18ClN3/c1-2-16(8-5-7-14)10-12-11-17-9-4-3-6-13(17)15-12/h3-4,6,9,11H,2,5,7-8,10H2,1H3. The first-order valence-electron chi connectivity index (χ1n) is 6.04. The molecule has 0 saturated carbocycles. The fourth-order valence-corrected chi connectivity index (χ4v) is 2.04. The first-order valence-corrected chi connectivity index (χ1v) is 6.58. The van der Waals surface area contributed by atoms with E-state index in [1.807, 2.05) is 24.4 Å². The summed E-state index contributed by atoms with van der Waals surface area (Å²) in [7, 11) is 0. The van der Waals surface area contributed by atoms with Crippen LogP contribution in [0.2, 0.25) is 0 Å². The number of fused-ring (bicyclic) bond motifs is 1. The van der Waals surface area contributed by atoms with Crippen molar-refractivity contribution in [2.45, 2.75) is 19.9 Å². The summed E-state index contributed by atoms with van der Waals surface area (Å²) in [6, 6.07) is 6.05. The van der Waals surface area contributed by atoms with Gasteiger partial charge in [0.2, 0.25) is 0 Å². The predicted octanol–water partition coefficient (Wildman–Crippen LogP) is 2.79. The Morgan fingerprint density at radius 2 is 2.29 bits per heavy atom. The number of hydrogen-bond donors (Lipinski definition) is 0. The fraction of sp³-hybridized carbons (Fsp3) is 0.462. The minimum Gasteiger partial charge on any atom is -0.307 e. The molecule has 4 heteroatoms. The van der Waals surface area contributed by atoms with E-state index in [1.165, 1.54) is 0 Å². The SMILES string of the molecule is CCN(CCCCl)Cc1cn2ccccc2n1. The molecule has 0 aliphatic rings. The fourth-order valence-electron chi connectivity index (χ4n) is 1.92. The number of halogens is 1. The van der Waals surface area contributed by atoms with Crippen molar-refractivity contribution in [1.29, 1.82) is 0 Å². The Hall–Kier alpha value is -1.06. The summed E-state index contributed by atoms with van der Waals surface area (Å²) in [5.41, 5.74) is 2.13. The van der Waals surface area contributed by atoms with E-state index in [4.69, 9.17) is 11.6 Å². The van der Waals surface area contributed by atoms with Crippen LogP contribution in [0.5, 0.6) is 0 Å². The summed E-state index contributed by atoms with van der Waals surface area (Å²) in [4.78, 5) is 6.96. The molecule has 3 nitrogen and oxygen atoms in total. The van der Waals surface area contributed by atoms with E-state index in [0.29, 0.717) is 0 Å². The minimum absolute atomic E-state index is 0.724. The van der Waals surface area contributed by atoms with Gasteiger partial charge in [0.05, 0.1) is 5.69 Å². The summed E-state index contributed by atoms with van der Waals surface area (Å²) in [6.07, 6.45) is 5.16. The van der Waals surface area contributed by atoms with Crippen molar-refractivity contribution in [3.05, 3.63) is 36.3 Å². The number of nitrogens with zero attached hydrogens (tertiary/aromatic N) is 3. The van der Waals surface area contributed by atoms with E-state index in [0.717, 1.165) is 43.3 Å². The largest absolute Gasteiger partial charge is 0.307 e. The van der Waals surface area contributed by atoms with Crippen LogP contribution >= 0.6 is 11.6 Å². The van der Waals surface area contributed by atoms with Gasteiger partial charge in [0, 0.05) is 24.8 Å². The number of rotatable bonds is 6. The Bertz CT molecular complexity index is 433. The van der Waals surface area contributed by atoms with E-state index in [-0.39, 0.29) is 0 Å². The van der Waals surface area contributed by atoms with Gasteiger partial charge < -0.3 is 4.40 Å². The maximum Gasteiger partial charge on any atom is 0.137 e. The van der Waals surface area contributed by atoms with Crippen LogP contribution in [0.1, 0.15) is 19.0 Å². The summed E-state index contributed by atoms with van der Waals surface area (Å²) < 4.78 is 2.06. The monoisotopic (exact) mass is 251 g/mol. The van der Waals surface area contributed by atoms with Crippen molar-refractivity contribution in [2.75, 3.05) is 19.0 Å². The lowest BCUT2D eigenvalue weighted by molar-refractivity contribution is 0.278. The number of alkyl halides is 1. The van der Waals surface area contributed by atoms with Crippen molar-refractivity contribution in [1.82, 2.24) is 14.3 Å². The van der Waals surface area contributed by atoms with Crippen molar-refractivity contribution in [3.63, 3.8) is 0 Å². The van der Waals surface area contributed by atoms with Crippen LogP contribution in [0.25, 0.3) is 5.65 Å². The highest BCUT2D eigenvalue weighted by Gasteiger charge is 2.06. The second-order valence-electron chi connectivity index (χ2n) is 4.11. The molecule has 2 heterocycles. The van der Waals surface area contributed by atoms with Crippen molar-refractivity contribution >= 4 is 17.2 Å². The van der Waals surface area contributed by atoms with Crippen molar-refractivity contribution in [2.24, 2.45) is 0 Å². The molecule has 0 bridgehead atoms. The van der Waals surface area contributed by atoms with Gasteiger partial charge in [0.25, 0.3) is 0 Å². The van der Waals surface area contributed by atoms with E-state index >= 15 is 0 Å². The zero-order valence-electron chi connectivity index (χ0n) is 10.1. The third-order valence-electron chi connectivity index (χ3n) is 2.85. The molecule has 0 fully saturated rings. The highest BCUT2D eigenvalue weighted by Crippen LogP contribution is 2.07. The highest BCUT2D eigenvalue weighted by molar-refractivity contribution is 6.17. The van der Waals surface area contributed by atoms with E-state index in [2.05, 4.69) is 27.4 Å².